The summed E-state index contributed by atoms with van der Waals surface area (Å²) in [4.78, 5) is 20.9. The van der Waals surface area contributed by atoms with Crippen LogP contribution in [0.1, 0.15) is 16.1 Å². The quantitative estimate of drug-likeness (QED) is 0.414. The normalized spacial score (nSPS) is 10.8. The van der Waals surface area contributed by atoms with Gasteiger partial charge in [-0.25, -0.2) is 4.98 Å². The summed E-state index contributed by atoms with van der Waals surface area (Å²) in [5, 5.41) is 2.89. The number of nitrogens with zero attached hydrogens (tertiary/aromatic N) is 3. The molecule has 0 fully saturated rings. The topological polar surface area (TPSA) is 68.5 Å². The van der Waals surface area contributed by atoms with E-state index in [0.29, 0.717) is 17.9 Å². The minimum Gasteiger partial charge on any atom is -0.457 e. The summed E-state index contributed by atoms with van der Waals surface area (Å²) in [6.07, 6.45) is 7.12. The minimum atomic E-state index is -0.213. The molecular formula is C26H20N4O2. The number of ether oxygens (including phenoxy) is 1. The van der Waals surface area contributed by atoms with Crippen LogP contribution in [0, 0.1) is 0 Å². The van der Waals surface area contributed by atoms with Gasteiger partial charge in [-0.2, -0.15) is 0 Å². The van der Waals surface area contributed by atoms with E-state index in [0.717, 1.165) is 28.2 Å². The maximum Gasteiger partial charge on any atom is 0.271 e. The first-order valence-corrected chi connectivity index (χ1v) is 10.2. The van der Waals surface area contributed by atoms with Crippen molar-refractivity contribution in [1.29, 1.82) is 0 Å². The molecule has 5 aromatic rings. The molecule has 32 heavy (non-hydrogen) atoms. The van der Waals surface area contributed by atoms with E-state index in [2.05, 4.69) is 15.3 Å². The molecule has 0 saturated carbocycles. The highest BCUT2D eigenvalue weighted by Crippen LogP contribution is 2.26. The number of carbonyl (C=O) groups excluding carboxylic acids is 1. The average Bonchev–Trinajstić information content (AvgIpc) is 3.28. The summed E-state index contributed by atoms with van der Waals surface area (Å²) in [5.41, 5.74) is 4.14. The molecule has 0 radical (unpaired) electrons. The van der Waals surface area contributed by atoms with Gasteiger partial charge in [0.25, 0.3) is 5.91 Å². The molecule has 0 aliphatic heterocycles. The van der Waals surface area contributed by atoms with Gasteiger partial charge in [-0.05, 0) is 65.2 Å². The number of hydrogen-bond donors (Lipinski definition) is 1. The molecule has 6 heteroatoms. The highest BCUT2D eigenvalue weighted by atomic mass is 16.5. The van der Waals surface area contributed by atoms with Gasteiger partial charge < -0.3 is 14.5 Å². The first-order valence-electron chi connectivity index (χ1n) is 10.2. The largest absolute Gasteiger partial charge is 0.457 e. The molecule has 0 aliphatic rings. The maximum atomic E-state index is 12.5. The highest BCUT2D eigenvalue weighted by molar-refractivity contribution is 5.92. The van der Waals surface area contributed by atoms with Gasteiger partial charge in [0.05, 0.1) is 0 Å². The monoisotopic (exact) mass is 420 g/mol. The van der Waals surface area contributed by atoms with Crippen LogP contribution in [-0.2, 0) is 6.54 Å². The van der Waals surface area contributed by atoms with Crippen LogP contribution in [0.15, 0.2) is 104 Å². The number of fused-ring (bicyclic) bond motifs is 1. The Morgan fingerprint density at radius 3 is 2.31 bits per heavy atom. The zero-order valence-electron chi connectivity index (χ0n) is 17.2. The molecule has 3 aromatic heterocycles. The maximum absolute atomic E-state index is 12.5. The third-order valence-electron chi connectivity index (χ3n) is 5.05. The Hall–Kier alpha value is -4.45. The van der Waals surface area contributed by atoms with Crippen LogP contribution in [0.5, 0.6) is 11.5 Å². The molecule has 1 N–H and O–H groups in total. The Morgan fingerprint density at radius 1 is 0.812 bits per heavy atom. The second kappa shape index (κ2) is 8.73. The van der Waals surface area contributed by atoms with E-state index in [9.17, 15) is 4.79 Å². The van der Waals surface area contributed by atoms with Crippen LogP contribution in [0.2, 0.25) is 0 Å². The van der Waals surface area contributed by atoms with E-state index < -0.39 is 0 Å². The Bertz CT molecular complexity index is 1350. The number of amides is 1. The first-order chi connectivity index (χ1) is 15.7. The summed E-state index contributed by atoms with van der Waals surface area (Å²) >= 11 is 0. The Kier molecular flexibility index (Phi) is 5.32. The van der Waals surface area contributed by atoms with Gasteiger partial charge in [0, 0.05) is 31.3 Å². The van der Waals surface area contributed by atoms with Crippen molar-refractivity contribution in [2.75, 3.05) is 0 Å². The fourth-order valence-corrected chi connectivity index (χ4v) is 3.39. The average molecular weight is 420 g/mol. The fraction of sp³-hybridized carbons (Fsp3) is 0.0385. The van der Waals surface area contributed by atoms with Crippen LogP contribution in [0.25, 0.3) is 16.8 Å². The predicted molar refractivity (Wildman–Crippen MR) is 123 cm³/mol. The lowest BCUT2D eigenvalue weighted by Gasteiger charge is -2.07. The van der Waals surface area contributed by atoms with E-state index >= 15 is 0 Å². The number of rotatable bonds is 6. The Labute approximate surface area is 185 Å². The lowest BCUT2D eigenvalue weighted by Crippen LogP contribution is -2.23. The summed E-state index contributed by atoms with van der Waals surface area (Å²) in [6.45, 7) is 0.428. The van der Waals surface area contributed by atoms with Crippen molar-refractivity contribution < 1.29 is 9.53 Å². The van der Waals surface area contributed by atoms with Crippen molar-refractivity contribution in [1.82, 2.24) is 19.7 Å². The van der Waals surface area contributed by atoms with Crippen LogP contribution in [-0.4, -0.2) is 20.3 Å². The number of para-hydroxylation sites is 1. The summed E-state index contributed by atoms with van der Waals surface area (Å²) in [6, 6.07) is 25.2. The first kappa shape index (κ1) is 19.5. The van der Waals surface area contributed by atoms with Crippen LogP contribution in [0.4, 0.5) is 0 Å². The Balaban J connectivity index is 1.31. The van der Waals surface area contributed by atoms with Gasteiger partial charge in [0.1, 0.15) is 22.8 Å². The van der Waals surface area contributed by atoms with Gasteiger partial charge in [0.15, 0.2) is 0 Å². The van der Waals surface area contributed by atoms with E-state index in [-0.39, 0.29) is 5.91 Å². The van der Waals surface area contributed by atoms with Crippen molar-refractivity contribution in [3.8, 4) is 22.6 Å². The number of aromatic nitrogens is 3. The molecule has 0 unspecified atom stereocenters. The van der Waals surface area contributed by atoms with Crippen molar-refractivity contribution in [3.63, 3.8) is 0 Å². The lowest BCUT2D eigenvalue weighted by atomic mass is 10.1. The molecule has 0 spiro atoms. The molecule has 0 atom stereocenters. The van der Waals surface area contributed by atoms with Crippen LogP contribution in [0.3, 0.4) is 0 Å². The second-order valence-electron chi connectivity index (χ2n) is 7.29. The number of pyridine rings is 2. The van der Waals surface area contributed by atoms with Gasteiger partial charge in [-0.15, -0.1) is 0 Å². The lowest BCUT2D eigenvalue weighted by molar-refractivity contribution is 0.0946. The van der Waals surface area contributed by atoms with Crippen LogP contribution < -0.4 is 10.1 Å². The number of imidazole rings is 1. The third-order valence-corrected chi connectivity index (χ3v) is 5.05. The van der Waals surface area contributed by atoms with E-state index in [1.807, 2.05) is 89.5 Å². The molecule has 0 bridgehead atoms. The van der Waals surface area contributed by atoms with Crippen molar-refractivity contribution >= 4 is 11.6 Å². The second-order valence-corrected chi connectivity index (χ2v) is 7.29. The van der Waals surface area contributed by atoms with E-state index in [4.69, 9.17) is 4.74 Å². The van der Waals surface area contributed by atoms with Gasteiger partial charge in [-0.3, -0.25) is 9.78 Å². The molecule has 2 aromatic carbocycles. The summed E-state index contributed by atoms with van der Waals surface area (Å²) in [7, 11) is 0. The van der Waals surface area contributed by atoms with E-state index in [1.54, 1.807) is 18.6 Å². The van der Waals surface area contributed by atoms with E-state index in [1.165, 1.54) is 0 Å². The zero-order valence-corrected chi connectivity index (χ0v) is 17.2. The predicted octanol–water partition coefficient (Wildman–Crippen LogP) is 5.12. The standard InChI is InChI=1S/C26H20N4O2/c31-26(28-16-19-12-14-27-15-13-19)24-18-30-17-21(8-11-25(30)29-24)20-6-9-23(10-7-20)32-22-4-2-1-3-5-22/h1-15,17-18H,16H2,(H,28,31). The number of benzene rings is 2. The third kappa shape index (κ3) is 4.34. The summed E-state index contributed by atoms with van der Waals surface area (Å²) in [5.74, 6) is 1.36. The summed E-state index contributed by atoms with van der Waals surface area (Å²) < 4.78 is 7.73. The SMILES string of the molecule is O=C(NCc1ccncc1)c1cn2cc(-c3ccc(Oc4ccccc4)cc3)ccc2n1. The minimum absolute atomic E-state index is 0.213. The molecule has 156 valence electrons. The van der Waals surface area contributed by atoms with Gasteiger partial charge in [0.2, 0.25) is 0 Å². The van der Waals surface area contributed by atoms with Crippen molar-refractivity contribution in [3.05, 3.63) is 115 Å². The van der Waals surface area contributed by atoms with Crippen molar-refractivity contribution in [2.24, 2.45) is 0 Å². The molecule has 1 amide bonds. The highest BCUT2D eigenvalue weighted by Gasteiger charge is 2.11. The Morgan fingerprint density at radius 2 is 1.53 bits per heavy atom. The molecule has 6 nitrogen and oxygen atoms in total. The van der Waals surface area contributed by atoms with Gasteiger partial charge in [-0.1, -0.05) is 30.3 Å². The van der Waals surface area contributed by atoms with Gasteiger partial charge >= 0.3 is 0 Å². The molecular weight excluding hydrogens is 400 g/mol. The smallest absolute Gasteiger partial charge is 0.271 e. The number of nitrogens with one attached hydrogen (secondary N) is 1. The molecule has 0 aliphatic carbocycles. The molecule has 5 rings (SSSR count). The number of carbonyl (C=O) groups is 1. The zero-order chi connectivity index (χ0) is 21.8. The van der Waals surface area contributed by atoms with Crippen LogP contribution >= 0.6 is 0 Å². The van der Waals surface area contributed by atoms with Crippen molar-refractivity contribution in [2.45, 2.75) is 6.54 Å². The number of hydrogen-bond acceptors (Lipinski definition) is 4. The molecule has 0 saturated heterocycles. The fourth-order valence-electron chi connectivity index (χ4n) is 3.39. The molecule has 3 heterocycles.